The summed E-state index contributed by atoms with van der Waals surface area (Å²) in [4.78, 5) is 14.9. The molecule has 1 aliphatic rings. The Labute approximate surface area is 183 Å². The van der Waals surface area contributed by atoms with E-state index in [4.69, 9.17) is 17.0 Å². The summed E-state index contributed by atoms with van der Waals surface area (Å²) >= 11 is 13.5. The Morgan fingerprint density at radius 1 is 1.30 bits per heavy atom. The molecule has 1 saturated heterocycles. The van der Waals surface area contributed by atoms with E-state index in [9.17, 15) is 9.90 Å². The number of halogens is 2. The summed E-state index contributed by atoms with van der Waals surface area (Å²) in [5, 5.41) is 10.6. The second-order valence-electron chi connectivity index (χ2n) is 5.62. The van der Waals surface area contributed by atoms with Gasteiger partial charge in [0.1, 0.15) is 4.32 Å². The van der Waals surface area contributed by atoms with E-state index in [1.54, 1.807) is 17.0 Å². The maximum Gasteiger partial charge on any atom is 0.266 e. The van der Waals surface area contributed by atoms with Crippen molar-refractivity contribution < 1.29 is 14.6 Å². The molecule has 1 heterocycles. The number of rotatable bonds is 5. The number of phenolic OH excluding ortho intramolecular Hbond substituents is 1. The molecule has 0 saturated carbocycles. The number of carbonyl (C=O) groups excluding carboxylic acids is 1. The number of thioether (sulfide) groups is 1. The monoisotopic (exact) mass is 527 g/mol. The minimum absolute atomic E-state index is 0.0275. The lowest BCUT2D eigenvalue weighted by atomic mass is 10.1. The number of hydrogen-bond donors (Lipinski definition) is 1. The summed E-state index contributed by atoms with van der Waals surface area (Å²) in [6, 6.07) is 11.4. The molecule has 2 aromatic rings. The Kier molecular flexibility index (Phi) is 6.62. The normalized spacial score (nSPS) is 15.7. The zero-order valence-corrected chi connectivity index (χ0v) is 19.0. The molecule has 1 fully saturated rings. The van der Waals surface area contributed by atoms with Crippen LogP contribution >= 0.6 is 55.8 Å². The van der Waals surface area contributed by atoms with E-state index in [1.165, 1.54) is 11.8 Å². The molecule has 140 valence electrons. The van der Waals surface area contributed by atoms with Crippen molar-refractivity contribution in [2.75, 3.05) is 6.61 Å². The smallest absolute Gasteiger partial charge is 0.266 e. The van der Waals surface area contributed by atoms with Crippen molar-refractivity contribution in [2.45, 2.75) is 13.5 Å². The van der Waals surface area contributed by atoms with Crippen LogP contribution < -0.4 is 4.74 Å². The third-order valence-corrected chi connectivity index (χ3v) is 7.21. The van der Waals surface area contributed by atoms with Crippen LogP contribution in [0.3, 0.4) is 0 Å². The van der Waals surface area contributed by atoms with Gasteiger partial charge in [0.25, 0.3) is 5.91 Å². The molecule has 2 aromatic carbocycles. The van der Waals surface area contributed by atoms with Crippen molar-refractivity contribution in [3.8, 4) is 11.5 Å². The summed E-state index contributed by atoms with van der Waals surface area (Å²) in [6.07, 6.45) is 1.64. The van der Waals surface area contributed by atoms with Gasteiger partial charge >= 0.3 is 0 Å². The van der Waals surface area contributed by atoms with Gasteiger partial charge in [0.15, 0.2) is 11.5 Å². The maximum absolute atomic E-state index is 12.9. The van der Waals surface area contributed by atoms with Gasteiger partial charge in [0, 0.05) is 14.5 Å². The minimum Gasteiger partial charge on any atom is -0.504 e. The van der Waals surface area contributed by atoms with Gasteiger partial charge in [-0.1, -0.05) is 54.3 Å². The van der Waals surface area contributed by atoms with E-state index in [1.807, 2.05) is 37.3 Å². The summed E-state index contributed by atoms with van der Waals surface area (Å²) in [5.41, 5.74) is 1.47. The van der Waals surface area contributed by atoms with Gasteiger partial charge in [-0.3, -0.25) is 9.69 Å². The van der Waals surface area contributed by atoms with Crippen LogP contribution in [0.25, 0.3) is 6.08 Å². The Hall–Kier alpha value is -1.35. The zero-order chi connectivity index (χ0) is 19.6. The number of aromatic hydroxyl groups is 1. The Morgan fingerprint density at radius 3 is 2.67 bits per heavy atom. The largest absolute Gasteiger partial charge is 0.504 e. The molecule has 3 rings (SSSR count). The second kappa shape index (κ2) is 8.77. The number of ether oxygens (including phenoxy) is 1. The van der Waals surface area contributed by atoms with Crippen molar-refractivity contribution in [2.24, 2.45) is 0 Å². The number of thiocarbonyl (C=S) groups is 1. The van der Waals surface area contributed by atoms with E-state index >= 15 is 0 Å². The molecular formula is C19H15Br2NO3S2. The molecule has 1 aliphatic heterocycles. The molecule has 1 amide bonds. The third kappa shape index (κ3) is 4.39. The van der Waals surface area contributed by atoms with Gasteiger partial charge in [0.2, 0.25) is 0 Å². The van der Waals surface area contributed by atoms with Crippen LogP contribution in [0.2, 0.25) is 0 Å². The average molecular weight is 529 g/mol. The molecule has 0 aliphatic carbocycles. The molecule has 0 spiro atoms. The summed E-state index contributed by atoms with van der Waals surface area (Å²) < 4.78 is 7.31. The van der Waals surface area contributed by atoms with Crippen molar-refractivity contribution in [1.29, 1.82) is 0 Å². The summed E-state index contributed by atoms with van der Waals surface area (Å²) in [7, 11) is 0. The van der Waals surface area contributed by atoms with Crippen LogP contribution in [0, 0.1) is 0 Å². The molecule has 27 heavy (non-hydrogen) atoms. The van der Waals surface area contributed by atoms with Gasteiger partial charge in [-0.2, -0.15) is 0 Å². The third-order valence-electron chi connectivity index (χ3n) is 3.82. The highest BCUT2D eigenvalue weighted by atomic mass is 79.9. The Bertz CT molecular complexity index is 932. The van der Waals surface area contributed by atoms with Crippen molar-refractivity contribution in [1.82, 2.24) is 4.90 Å². The molecule has 0 atom stereocenters. The van der Waals surface area contributed by atoms with Gasteiger partial charge in [-0.25, -0.2) is 0 Å². The number of hydrogen-bond acceptors (Lipinski definition) is 5. The molecule has 0 radical (unpaired) electrons. The SMILES string of the molecule is CCOc1cc(Br)c(Br)c(C=C2SC(=S)N(Cc3ccccc3)C2=O)c1O. The summed E-state index contributed by atoms with van der Waals surface area (Å²) in [5.74, 6) is 0.136. The number of phenols is 1. The standard InChI is InChI=1S/C19H15Br2NO3S2/c1-2-25-14-9-13(20)16(21)12(17(14)23)8-15-18(24)22(19(26)27-15)10-11-6-4-3-5-7-11/h3-9,23H,2,10H2,1H3. The quantitative estimate of drug-likeness (QED) is 0.397. The first-order chi connectivity index (χ1) is 12.9. The van der Waals surface area contributed by atoms with E-state index in [0.29, 0.717) is 38.2 Å². The predicted molar refractivity (Wildman–Crippen MR) is 120 cm³/mol. The lowest BCUT2D eigenvalue weighted by Gasteiger charge is -2.14. The Balaban J connectivity index is 1.94. The van der Waals surface area contributed by atoms with Crippen molar-refractivity contribution in [3.05, 3.63) is 61.4 Å². The van der Waals surface area contributed by atoms with Crippen molar-refractivity contribution in [3.63, 3.8) is 0 Å². The van der Waals surface area contributed by atoms with Crippen LogP contribution in [-0.4, -0.2) is 26.8 Å². The van der Waals surface area contributed by atoms with Crippen LogP contribution in [0.1, 0.15) is 18.1 Å². The number of benzene rings is 2. The number of amides is 1. The fourth-order valence-electron chi connectivity index (χ4n) is 2.54. The Morgan fingerprint density at radius 2 is 2.00 bits per heavy atom. The first-order valence-corrected chi connectivity index (χ1v) is 10.9. The molecule has 1 N–H and O–H groups in total. The van der Waals surface area contributed by atoms with Gasteiger partial charge in [-0.15, -0.1) is 0 Å². The number of nitrogens with zero attached hydrogens (tertiary/aromatic N) is 1. The topological polar surface area (TPSA) is 49.8 Å². The van der Waals surface area contributed by atoms with Crippen molar-refractivity contribution >= 4 is 72.1 Å². The number of carbonyl (C=O) groups is 1. The van der Waals surface area contributed by atoms with E-state index in [-0.39, 0.29) is 11.7 Å². The van der Waals surface area contributed by atoms with Crippen LogP contribution in [0.15, 0.2) is 50.2 Å². The minimum atomic E-state index is -0.182. The second-order valence-corrected chi connectivity index (χ2v) is 8.94. The van der Waals surface area contributed by atoms with Gasteiger partial charge in [0.05, 0.1) is 18.1 Å². The van der Waals surface area contributed by atoms with E-state index in [0.717, 1.165) is 10.0 Å². The van der Waals surface area contributed by atoms with Gasteiger partial charge in [-0.05, 0) is 56.5 Å². The zero-order valence-electron chi connectivity index (χ0n) is 14.2. The summed E-state index contributed by atoms with van der Waals surface area (Å²) in [6.45, 7) is 2.67. The van der Waals surface area contributed by atoms with E-state index < -0.39 is 0 Å². The average Bonchev–Trinajstić information content (AvgIpc) is 2.91. The molecular weight excluding hydrogens is 514 g/mol. The maximum atomic E-state index is 12.9. The van der Waals surface area contributed by atoms with Crippen LogP contribution in [-0.2, 0) is 11.3 Å². The van der Waals surface area contributed by atoms with Crippen LogP contribution in [0.4, 0.5) is 0 Å². The predicted octanol–water partition coefficient (Wildman–Crippen LogP) is 5.72. The lowest BCUT2D eigenvalue weighted by Crippen LogP contribution is -2.27. The highest BCUT2D eigenvalue weighted by Gasteiger charge is 2.32. The first-order valence-electron chi connectivity index (χ1n) is 8.05. The molecule has 0 unspecified atom stereocenters. The molecule has 0 bridgehead atoms. The molecule has 4 nitrogen and oxygen atoms in total. The highest BCUT2D eigenvalue weighted by Crippen LogP contribution is 2.44. The highest BCUT2D eigenvalue weighted by molar-refractivity contribution is 9.13. The van der Waals surface area contributed by atoms with Gasteiger partial charge < -0.3 is 9.84 Å². The van der Waals surface area contributed by atoms with Crippen LogP contribution in [0.5, 0.6) is 11.5 Å². The molecule has 8 heteroatoms. The lowest BCUT2D eigenvalue weighted by molar-refractivity contribution is -0.122. The van der Waals surface area contributed by atoms with E-state index in [2.05, 4.69) is 31.9 Å². The fraction of sp³-hybridized carbons (Fsp3) is 0.158. The first kappa shape index (κ1) is 20.4. The fourth-order valence-corrected chi connectivity index (χ4v) is 4.62. The molecule has 0 aromatic heterocycles.